The van der Waals surface area contributed by atoms with Gasteiger partial charge in [-0.3, -0.25) is 0 Å². The van der Waals surface area contributed by atoms with E-state index in [2.05, 4.69) is 37.9 Å². The second-order valence-electron chi connectivity index (χ2n) is 7.09. The van der Waals surface area contributed by atoms with E-state index in [1.807, 2.05) is 67.1 Å². The molecule has 0 bridgehead atoms. The summed E-state index contributed by atoms with van der Waals surface area (Å²) in [6.07, 6.45) is 1.66. The van der Waals surface area contributed by atoms with Gasteiger partial charge in [0.1, 0.15) is 12.1 Å². The Bertz CT molecular complexity index is 1140. The molecule has 2 N–H and O–H groups in total. The van der Waals surface area contributed by atoms with Crippen molar-refractivity contribution in [3.8, 4) is 11.5 Å². The lowest BCUT2D eigenvalue weighted by Crippen LogP contribution is -2.37. The van der Waals surface area contributed by atoms with Crippen LogP contribution in [0, 0.1) is 6.92 Å². The van der Waals surface area contributed by atoms with Gasteiger partial charge in [-0.15, -0.1) is 34.2 Å². The average molecular weight is 543 g/mol. The van der Waals surface area contributed by atoms with Crippen molar-refractivity contribution in [2.24, 2.45) is 12.0 Å². The van der Waals surface area contributed by atoms with Gasteiger partial charge in [0.25, 0.3) is 0 Å². The van der Waals surface area contributed by atoms with E-state index >= 15 is 0 Å². The Labute approximate surface area is 204 Å². The molecule has 2 aromatic carbocycles. The fraction of sp³-hybridized carbons (Fsp3) is 0.217. The number of aliphatic imine (C=N–C) groups is 1. The largest absolute Gasteiger partial charge is 0.444 e. The van der Waals surface area contributed by atoms with Crippen molar-refractivity contribution in [1.29, 1.82) is 0 Å². The highest BCUT2D eigenvalue weighted by atomic mass is 127. The quantitative estimate of drug-likeness (QED) is 0.209. The molecule has 2 heterocycles. The molecule has 0 spiro atoms. The Balaban J connectivity index is 0.00000289. The van der Waals surface area contributed by atoms with Crippen molar-refractivity contribution >= 4 is 29.9 Å². The van der Waals surface area contributed by atoms with Gasteiger partial charge < -0.3 is 19.6 Å². The fourth-order valence-electron chi connectivity index (χ4n) is 2.97. The zero-order valence-corrected chi connectivity index (χ0v) is 20.4. The summed E-state index contributed by atoms with van der Waals surface area (Å²) in [4.78, 5) is 9.27. The second kappa shape index (κ2) is 11.4. The molecule has 0 atom stereocenters. The number of halogens is 1. The Morgan fingerprint density at radius 2 is 1.66 bits per heavy atom. The van der Waals surface area contributed by atoms with Crippen LogP contribution in [0.25, 0.3) is 11.5 Å². The number of hydrogen-bond acceptors (Lipinski definition) is 5. The number of nitrogens with one attached hydrogen (secondary N) is 2. The highest BCUT2D eigenvalue weighted by Gasteiger charge is 2.09. The summed E-state index contributed by atoms with van der Waals surface area (Å²) in [6.45, 7) is 3.47. The molecule has 9 heteroatoms. The van der Waals surface area contributed by atoms with Crippen LogP contribution in [0.3, 0.4) is 0 Å². The summed E-state index contributed by atoms with van der Waals surface area (Å²) in [5.74, 6) is 2.96. The first kappa shape index (κ1) is 23.5. The topological polar surface area (TPSA) is 93.2 Å². The molecule has 166 valence electrons. The van der Waals surface area contributed by atoms with Gasteiger partial charge in [-0.1, -0.05) is 48.5 Å². The van der Waals surface area contributed by atoms with Crippen molar-refractivity contribution in [1.82, 2.24) is 30.4 Å². The van der Waals surface area contributed by atoms with Crippen molar-refractivity contribution in [2.75, 3.05) is 0 Å². The normalized spacial score (nSPS) is 11.1. The lowest BCUT2D eigenvalue weighted by atomic mass is 10.2. The predicted octanol–water partition coefficient (Wildman–Crippen LogP) is 3.83. The van der Waals surface area contributed by atoms with Crippen LogP contribution in [0.2, 0.25) is 0 Å². The number of benzene rings is 2. The van der Waals surface area contributed by atoms with Gasteiger partial charge >= 0.3 is 0 Å². The summed E-state index contributed by atoms with van der Waals surface area (Å²) in [6, 6.07) is 20.0. The summed E-state index contributed by atoms with van der Waals surface area (Å²) >= 11 is 0. The molecule has 8 nitrogen and oxygen atoms in total. The number of rotatable bonds is 7. The van der Waals surface area contributed by atoms with Crippen LogP contribution in [0.5, 0.6) is 0 Å². The van der Waals surface area contributed by atoms with Crippen molar-refractivity contribution < 1.29 is 4.42 Å². The maximum absolute atomic E-state index is 5.63. The van der Waals surface area contributed by atoms with Crippen LogP contribution in [0.4, 0.5) is 0 Å². The molecule has 4 rings (SSSR count). The molecule has 0 saturated carbocycles. The highest BCUT2D eigenvalue weighted by molar-refractivity contribution is 14.0. The van der Waals surface area contributed by atoms with Gasteiger partial charge in [-0.25, -0.2) is 9.98 Å². The minimum Gasteiger partial charge on any atom is -0.444 e. The molecule has 0 unspecified atom stereocenters. The summed E-state index contributed by atoms with van der Waals surface area (Å²) in [7, 11) is 1.95. The standard InChI is InChI=1S/C23H25N7O.HI/c1-17-28-29-21(30(17)2)15-26-23(24-13-18-9-5-3-6-10-18)25-14-20-16-31-22(27-20)19-11-7-4-8-12-19;/h3-12,16H,13-15H2,1-2H3,(H2,24,25,26);1H. The maximum atomic E-state index is 5.63. The molecular formula is C23H26IN7O. The molecule has 0 saturated heterocycles. The van der Waals surface area contributed by atoms with Crippen LogP contribution in [-0.2, 0) is 26.7 Å². The number of hydrogen-bond donors (Lipinski definition) is 2. The summed E-state index contributed by atoms with van der Waals surface area (Å²) < 4.78 is 7.58. The summed E-state index contributed by atoms with van der Waals surface area (Å²) in [5.41, 5.74) is 2.87. The Morgan fingerprint density at radius 1 is 0.969 bits per heavy atom. The monoisotopic (exact) mass is 543 g/mol. The molecule has 0 aliphatic carbocycles. The number of nitrogens with zero attached hydrogens (tertiary/aromatic N) is 5. The molecule has 32 heavy (non-hydrogen) atoms. The first-order valence-corrected chi connectivity index (χ1v) is 10.1. The van der Waals surface area contributed by atoms with Gasteiger partial charge in [0.2, 0.25) is 5.89 Å². The van der Waals surface area contributed by atoms with Gasteiger partial charge in [-0.2, -0.15) is 0 Å². The zero-order valence-electron chi connectivity index (χ0n) is 18.0. The molecule has 0 radical (unpaired) electrons. The van der Waals surface area contributed by atoms with Crippen LogP contribution in [0.1, 0.15) is 22.9 Å². The number of aryl methyl sites for hydroxylation is 1. The fourth-order valence-corrected chi connectivity index (χ4v) is 2.97. The minimum absolute atomic E-state index is 0. The summed E-state index contributed by atoms with van der Waals surface area (Å²) in [5, 5.41) is 15.0. The third-order valence-corrected chi connectivity index (χ3v) is 4.87. The molecule has 0 aliphatic rings. The molecule has 0 amide bonds. The van der Waals surface area contributed by atoms with E-state index in [-0.39, 0.29) is 24.0 Å². The van der Waals surface area contributed by atoms with Crippen LogP contribution >= 0.6 is 24.0 Å². The lowest BCUT2D eigenvalue weighted by molar-refractivity contribution is 0.572. The molecular weight excluding hydrogens is 517 g/mol. The van der Waals surface area contributed by atoms with Crippen molar-refractivity contribution in [3.63, 3.8) is 0 Å². The Morgan fingerprint density at radius 3 is 2.34 bits per heavy atom. The number of guanidine groups is 1. The van der Waals surface area contributed by atoms with E-state index in [1.165, 1.54) is 0 Å². The molecule has 0 fully saturated rings. The Hall–Kier alpha value is -3.21. The van der Waals surface area contributed by atoms with Crippen LogP contribution in [-0.4, -0.2) is 25.7 Å². The van der Waals surface area contributed by atoms with Gasteiger partial charge in [0, 0.05) is 12.6 Å². The van der Waals surface area contributed by atoms with E-state index < -0.39 is 0 Å². The molecule has 4 aromatic rings. The van der Waals surface area contributed by atoms with E-state index in [9.17, 15) is 0 Å². The Kier molecular flexibility index (Phi) is 8.37. The van der Waals surface area contributed by atoms with Gasteiger partial charge in [-0.05, 0) is 24.6 Å². The van der Waals surface area contributed by atoms with Crippen LogP contribution in [0.15, 0.2) is 76.3 Å². The van der Waals surface area contributed by atoms with Crippen LogP contribution < -0.4 is 10.6 Å². The predicted molar refractivity (Wildman–Crippen MR) is 134 cm³/mol. The first-order chi connectivity index (χ1) is 15.2. The SMILES string of the molecule is Cc1nnc(CNC(=NCc2ccccc2)NCc2coc(-c3ccccc3)n2)n1C.I. The van der Waals surface area contributed by atoms with Crippen molar-refractivity contribution in [3.05, 3.63) is 89.8 Å². The van der Waals surface area contributed by atoms with E-state index in [4.69, 9.17) is 9.41 Å². The first-order valence-electron chi connectivity index (χ1n) is 10.1. The van der Waals surface area contributed by atoms with Gasteiger partial charge in [0.15, 0.2) is 11.8 Å². The maximum Gasteiger partial charge on any atom is 0.226 e. The molecule has 2 aromatic heterocycles. The second-order valence-corrected chi connectivity index (χ2v) is 7.09. The van der Waals surface area contributed by atoms with E-state index in [1.54, 1.807) is 6.26 Å². The highest BCUT2D eigenvalue weighted by Crippen LogP contribution is 2.17. The zero-order chi connectivity index (χ0) is 21.5. The third-order valence-electron chi connectivity index (χ3n) is 4.87. The average Bonchev–Trinajstić information content (AvgIpc) is 3.42. The number of aromatic nitrogens is 4. The van der Waals surface area contributed by atoms with Gasteiger partial charge in [0.05, 0.1) is 25.3 Å². The third kappa shape index (κ3) is 6.16. The minimum atomic E-state index is 0. The van der Waals surface area contributed by atoms with E-state index in [0.29, 0.717) is 31.5 Å². The van der Waals surface area contributed by atoms with Crippen molar-refractivity contribution in [2.45, 2.75) is 26.6 Å². The van der Waals surface area contributed by atoms with E-state index in [0.717, 1.165) is 28.5 Å². The molecule has 0 aliphatic heterocycles. The lowest BCUT2D eigenvalue weighted by Gasteiger charge is -2.11. The number of oxazole rings is 1. The smallest absolute Gasteiger partial charge is 0.226 e.